The van der Waals surface area contributed by atoms with Crippen molar-refractivity contribution in [2.45, 2.75) is 46.0 Å². The van der Waals surface area contributed by atoms with E-state index in [1.165, 1.54) is 22.1 Å². The average molecular weight is 280 g/mol. The Kier molecular flexibility index (Phi) is 2.48. The summed E-state index contributed by atoms with van der Waals surface area (Å²) >= 11 is 0. The first-order valence-corrected chi connectivity index (χ1v) is 7.81. The second-order valence-corrected chi connectivity index (χ2v) is 6.51. The van der Waals surface area contributed by atoms with Gasteiger partial charge < -0.3 is 0 Å². The number of fused-ring (bicyclic) bond motifs is 5. The topological polar surface area (TPSA) is 45.8 Å². The fraction of sp³-hybridized carbons (Fsp3) is 0.444. The highest BCUT2D eigenvalue weighted by Crippen LogP contribution is 2.63. The molecule has 21 heavy (non-hydrogen) atoms. The molecule has 0 spiro atoms. The number of carbonyl (C=O) groups excluding carboxylic acids is 1. The molecule has 0 aliphatic heterocycles. The van der Waals surface area contributed by atoms with Crippen molar-refractivity contribution in [3.05, 3.63) is 35.0 Å². The van der Waals surface area contributed by atoms with E-state index in [4.69, 9.17) is 0 Å². The van der Waals surface area contributed by atoms with Crippen LogP contribution in [0.5, 0.6) is 0 Å². The number of carbonyl (C=O) groups is 1. The first-order chi connectivity index (χ1) is 10.1. The third-order valence-electron chi connectivity index (χ3n) is 5.92. The van der Waals surface area contributed by atoms with Crippen molar-refractivity contribution >= 4 is 22.3 Å². The van der Waals surface area contributed by atoms with Crippen molar-refractivity contribution in [1.82, 2.24) is 10.2 Å². The summed E-state index contributed by atoms with van der Waals surface area (Å²) in [6, 6.07) is 4.28. The number of ketones is 1. The van der Waals surface area contributed by atoms with Gasteiger partial charge in [0, 0.05) is 17.2 Å². The van der Waals surface area contributed by atoms with Gasteiger partial charge in [0.1, 0.15) is 0 Å². The number of allylic oxidation sites excluding steroid dienone is 2. The Morgan fingerprint density at radius 1 is 1.43 bits per heavy atom. The lowest BCUT2D eigenvalue weighted by molar-refractivity contribution is -0.116. The smallest absolute Gasteiger partial charge is 0.158 e. The van der Waals surface area contributed by atoms with Gasteiger partial charge >= 0.3 is 0 Å². The lowest BCUT2D eigenvalue weighted by Crippen LogP contribution is -2.29. The number of aromatic nitrogens is 2. The maximum absolute atomic E-state index is 12.2. The van der Waals surface area contributed by atoms with Crippen molar-refractivity contribution in [3.63, 3.8) is 0 Å². The van der Waals surface area contributed by atoms with Crippen LogP contribution in [0.1, 0.15) is 57.1 Å². The maximum atomic E-state index is 12.2. The summed E-state index contributed by atoms with van der Waals surface area (Å²) in [6.45, 7) is 6.60. The first kappa shape index (κ1) is 12.8. The van der Waals surface area contributed by atoms with Gasteiger partial charge in [0.2, 0.25) is 0 Å². The number of nitrogens with zero attached hydrogens (tertiary/aromatic N) is 1. The number of benzene rings is 1. The van der Waals surface area contributed by atoms with Crippen LogP contribution in [0, 0.1) is 5.41 Å². The molecule has 2 aliphatic rings. The molecule has 1 aromatic carbocycles. The molecule has 2 atom stereocenters. The Hall–Kier alpha value is -1.90. The molecule has 1 aromatic heterocycles. The van der Waals surface area contributed by atoms with Crippen LogP contribution in [0.2, 0.25) is 0 Å². The predicted molar refractivity (Wildman–Crippen MR) is 84.1 cm³/mol. The number of aromatic amines is 1. The van der Waals surface area contributed by atoms with Gasteiger partial charge in [-0.15, -0.1) is 0 Å². The van der Waals surface area contributed by atoms with Crippen molar-refractivity contribution < 1.29 is 4.79 Å². The molecule has 2 aromatic rings. The van der Waals surface area contributed by atoms with Crippen LogP contribution >= 0.6 is 0 Å². The molecule has 3 nitrogen and oxygen atoms in total. The van der Waals surface area contributed by atoms with Gasteiger partial charge in [-0.2, -0.15) is 5.10 Å². The normalized spacial score (nSPS) is 28.1. The molecule has 0 saturated carbocycles. The molecular weight excluding hydrogens is 260 g/mol. The van der Waals surface area contributed by atoms with Crippen molar-refractivity contribution in [2.75, 3.05) is 0 Å². The minimum absolute atomic E-state index is 0.131. The Morgan fingerprint density at radius 2 is 2.24 bits per heavy atom. The molecule has 4 rings (SSSR count). The summed E-state index contributed by atoms with van der Waals surface area (Å²) in [7, 11) is 0. The Bertz CT molecular complexity index is 799. The number of hydrogen-bond donors (Lipinski definition) is 1. The fourth-order valence-corrected chi connectivity index (χ4v) is 4.73. The molecular formula is C18H20N2O. The number of rotatable bonds is 1. The Balaban J connectivity index is 2.12. The van der Waals surface area contributed by atoms with Crippen LogP contribution in [0.4, 0.5) is 0 Å². The minimum Gasteiger partial charge on any atom is -0.295 e. The molecule has 0 fully saturated rings. The Morgan fingerprint density at radius 3 is 3.00 bits per heavy atom. The molecule has 1 N–H and O–H groups in total. The zero-order valence-electron chi connectivity index (χ0n) is 12.8. The van der Waals surface area contributed by atoms with Crippen molar-refractivity contribution in [1.29, 1.82) is 0 Å². The van der Waals surface area contributed by atoms with Crippen LogP contribution in [-0.2, 0) is 4.79 Å². The fourth-order valence-electron chi connectivity index (χ4n) is 4.73. The molecule has 108 valence electrons. The predicted octanol–water partition coefficient (Wildman–Crippen LogP) is 4.21. The minimum atomic E-state index is 0.131. The van der Waals surface area contributed by atoms with E-state index in [1.54, 1.807) is 0 Å². The number of nitrogens with one attached hydrogen (secondary N) is 1. The summed E-state index contributed by atoms with van der Waals surface area (Å²) in [6.07, 6.45) is 4.69. The van der Waals surface area contributed by atoms with Gasteiger partial charge in [-0.05, 0) is 54.0 Å². The van der Waals surface area contributed by atoms with E-state index in [9.17, 15) is 4.79 Å². The zero-order valence-corrected chi connectivity index (χ0v) is 12.8. The molecule has 0 amide bonds. The van der Waals surface area contributed by atoms with E-state index in [0.29, 0.717) is 18.1 Å². The molecule has 0 saturated heterocycles. The van der Waals surface area contributed by atoms with E-state index in [-0.39, 0.29) is 5.41 Å². The van der Waals surface area contributed by atoms with Gasteiger partial charge in [0.05, 0.1) is 11.7 Å². The largest absolute Gasteiger partial charge is 0.295 e. The van der Waals surface area contributed by atoms with E-state index in [0.717, 1.165) is 23.9 Å². The molecule has 0 bridgehead atoms. The van der Waals surface area contributed by atoms with E-state index in [2.05, 4.69) is 36.2 Å². The van der Waals surface area contributed by atoms with Gasteiger partial charge in [-0.1, -0.05) is 19.9 Å². The van der Waals surface area contributed by atoms with Crippen LogP contribution in [0.3, 0.4) is 0 Å². The highest BCUT2D eigenvalue weighted by Gasteiger charge is 2.50. The lowest BCUT2D eigenvalue weighted by Gasteiger charge is -2.38. The van der Waals surface area contributed by atoms with Crippen LogP contribution in [-0.4, -0.2) is 16.0 Å². The summed E-state index contributed by atoms with van der Waals surface area (Å²) < 4.78 is 0. The third kappa shape index (κ3) is 1.39. The zero-order chi connectivity index (χ0) is 14.8. The second kappa shape index (κ2) is 4.06. The third-order valence-corrected chi connectivity index (χ3v) is 5.92. The van der Waals surface area contributed by atoms with Gasteiger partial charge in [0.15, 0.2) is 5.78 Å². The molecule has 1 heterocycles. The van der Waals surface area contributed by atoms with Crippen LogP contribution in [0.25, 0.3) is 16.5 Å². The molecule has 2 aliphatic carbocycles. The Labute approximate surface area is 124 Å². The molecule has 3 heteroatoms. The summed E-state index contributed by atoms with van der Waals surface area (Å²) in [5.74, 6) is 0.762. The van der Waals surface area contributed by atoms with Crippen molar-refractivity contribution in [2.24, 2.45) is 5.41 Å². The first-order valence-electron chi connectivity index (χ1n) is 7.81. The summed E-state index contributed by atoms with van der Waals surface area (Å²) in [4.78, 5) is 12.2. The lowest BCUT2D eigenvalue weighted by atomic mass is 9.64. The van der Waals surface area contributed by atoms with E-state index < -0.39 is 0 Å². The standard InChI is InChI=1S/C18H20N2O/c1-4-18-8-7-15(21)10(2)17(18)12-5-6-14-13(9-19-20-14)16(12)11(18)3/h5-6,9,11H,4,7-8H2,1-3H3,(H,19,20)/t11-,18+/m1/s1. The number of hydrogen-bond acceptors (Lipinski definition) is 2. The quantitative estimate of drug-likeness (QED) is 0.850. The van der Waals surface area contributed by atoms with E-state index >= 15 is 0 Å². The molecule has 0 unspecified atom stereocenters. The summed E-state index contributed by atoms with van der Waals surface area (Å²) in [5.41, 5.74) is 6.18. The summed E-state index contributed by atoms with van der Waals surface area (Å²) in [5, 5.41) is 8.49. The second-order valence-electron chi connectivity index (χ2n) is 6.51. The SMILES string of the molecule is CC[C@@]12CCC(=O)C(C)=C1c1ccc3[nH]ncc3c1[C@H]2C. The highest BCUT2D eigenvalue weighted by atomic mass is 16.1. The van der Waals surface area contributed by atoms with E-state index in [1.807, 2.05) is 13.1 Å². The van der Waals surface area contributed by atoms with Gasteiger partial charge in [-0.3, -0.25) is 9.89 Å². The van der Waals surface area contributed by atoms with Gasteiger partial charge in [-0.25, -0.2) is 0 Å². The maximum Gasteiger partial charge on any atom is 0.158 e. The number of Topliss-reactive ketones (excluding diaryl/α,β-unsaturated/α-hetero) is 1. The van der Waals surface area contributed by atoms with Crippen LogP contribution in [0.15, 0.2) is 23.9 Å². The monoisotopic (exact) mass is 280 g/mol. The van der Waals surface area contributed by atoms with Gasteiger partial charge in [0.25, 0.3) is 0 Å². The highest BCUT2D eigenvalue weighted by molar-refractivity contribution is 6.07. The van der Waals surface area contributed by atoms with Crippen LogP contribution < -0.4 is 0 Å². The van der Waals surface area contributed by atoms with Crippen molar-refractivity contribution in [3.8, 4) is 0 Å². The molecule has 0 radical (unpaired) electrons. The number of H-pyrrole nitrogens is 1. The average Bonchev–Trinajstić information content (AvgIpc) is 3.05.